The predicted molar refractivity (Wildman–Crippen MR) is 45.1 cm³/mol. The van der Waals surface area contributed by atoms with Crippen molar-refractivity contribution >= 4 is 0 Å². The van der Waals surface area contributed by atoms with Crippen LogP contribution in [0.25, 0.3) is 0 Å². The minimum absolute atomic E-state index is 0.225. The molecule has 0 unspecified atom stereocenters. The smallest absolute Gasteiger partial charge is 0.147 e. The van der Waals surface area contributed by atoms with E-state index in [-0.39, 0.29) is 12.5 Å². The van der Waals surface area contributed by atoms with Crippen LogP contribution in [0.4, 0.5) is 0 Å². The van der Waals surface area contributed by atoms with Gasteiger partial charge < -0.3 is 14.6 Å². The van der Waals surface area contributed by atoms with Crippen molar-refractivity contribution < 1.29 is 14.6 Å². The van der Waals surface area contributed by atoms with E-state index >= 15 is 0 Å². The van der Waals surface area contributed by atoms with Crippen molar-refractivity contribution in [1.82, 2.24) is 4.98 Å². The second-order valence-electron chi connectivity index (χ2n) is 3.01. The standard InChI is InChI=1S/C9H11NO3/c1-6-9(11)8-4-13-5-12-3-7(8)2-10-6/h2,11H,3-5H2,1H3. The molecular weight excluding hydrogens is 170 g/mol. The molecule has 0 spiro atoms. The molecular formula is C9H11NO3. The van der Waals surface area contributed by atoms with Crippen LogP contribution in [0, 0.1) is 6.92 Å². The van der Waals surface area contributed by atoms with Gasteiger partial charge in [-0.05, 0) is 6.92 Å². The van der Waals surface area contributed by atoms with Crippen molar-refractivity contribution in [3.8, 4) is 5.75 Å². The van der Waals surface area contributed by atoms with Crippen molar-refractivity contribution in [3.63, 3.8) is 0 Å². The first kappa shape index (κ1) is 8.47. The molecule has 0 saturated carbocycles. The van der Waals surface area contributed by atoms with Gasteiger partial charge in [-0.2, -0.15) is 0 Å². The molecule has 1 aromatic heterocycles. The summed E-state index contributed by atoms with van der Waals surface area (Å²) < 4.78 is 10.3. The quantitative estimate of drug-likeness (QED) is 0.651. The van der Waals surface area contributed by atoms with E-state index in [4.69, 9.17) is 9.47 Å². The zero-order chi connectivity index (χ0) is 9.26. The van der Waals surface area contributed by atoms with E-state index in [1.807, 2.05) is 0 Å². The Morgan fingerprint density at radius 3 is 3.00 bits per heavy atom. The lowest BCUT2D eigenvalue weighted by Gasteiger charge is -2.07. The summed E-state index contributed by atoms with van der Waals surface area (Å²) in [6, 6.07) is 0. The average Bonchev–Trinajstić information content (AvgIpc) is 2.36. The second-order valence-corrected chi connectivity index (χ2v) is 3.01. The minimum Gasteiger partial charge on any atom is -0.506 e. The van der Waals surface area contributed by atoms with Gasteiger partial charge in [0.05, 0.1) is 18.9 Å². The number of ether oxygens (including phenoxy) is 2. The number of hydrogen-bond donors (Lipinski definition) is 1. The van der Waals surface area contributed by atoms with Gasteiger partial charge in [-0.15, -0.1) is 0 Å². The first-order valence-electron chi connectivity index (χ1n) is 4.11. The average molecular weight is 181 g/mol. The van der Waals surface area contributed by atoms with Crippen LogP contribution in [0.15, 0.2) is 6.20 Å². The lowest BCUT2D eigenvalue weighted by molar-refractivity contribution is -0.0588. The summed E-state index contributed by atoms with van der Waals surface area (Å²) in [6.45, 7) is 2.88. The van der Waals surface area contributed by atoms with Crippen LogP contribution in [0.3, 0.4) is 0 Å². The molecule has 1 aromatic rings. The number of rotatable bonds is 0. The molecule has 13 heavy (non-hydrogen) atoms. The van der Waals surface area contributed by atoms with Crippen LogP contribution in [0.5, 0.6) is 5.75 Å². The molecule has 1 aliphatic heterocycles. The molecule has 0 saturated heterocycles. The Labute approximate surface area is 76.1 Å². The van der Waals surface area contributed by atoms with E-state index in [1.54, 1.807) is 13.1 Å². The molecule has 4 heteroatoms. The van der Waals surface area contributed by atoms with Crippen LogP contribution >= 0.6 is 0 Å². The Hall–Kier alpha value is -1.13. The molecule has 0 radical (unpaired) electrons. The zero-order valence-electron chi connectivity index (χ0n) is 7.41. The number of fused-ring (bicyclic) bond motifs is 1. The van der Waals surface area contributed by atoms with E-state index in [2.05, 4.69) is 4.98 Å². The van der Waals surface area contributed by atoms with Gasteiger partial charge in [-0.25, -0.2) is 0 Å². The number of hydrogen-bond acceptors (Lipinski definition) is 4. The summed E-state index contributed by atoms with van der Waals surface area (Å²) in [5.41, 5.74) is 2.33. The molecule has 0 fully saturated rings. The fourth-order valence-electron chi connectivity index (χ4n) is 1.32. The summed E-state index contributed by atoms with van der Waals surface area (Å²) in [7, 11) is 0. The first-order valence-corrected chi connectivity index (χ1v) is 4.11. The molecule has 0 bridgehead atoms. The van der Waals surface area contributed by atoms with Gasteiger partial charge in [0.15, 0.2) is 0 Å². The van der Waals surface area contributed by atoms with Crippen LogP contribution < -0.4 is 0 Å². The van der Waals surface area contributed by atoms with Crippen molar-refractivity contribution in [2.24, 2.45) is 0 Å². The monoisotopic (exact) mass is 181 g/mol. The third-order valence-corrected chi connectivity index (χ3v) is 2.10. The first-order chi connectivity index (χ1) is 6.29. The van der Waals surface area contributed by atoms with Crippen molar-refractivity contribution in [1.29, 1.82) is 0 Å². The highest BCUT2D eigenvalue weighted by Crippen LogP contribution is 2.26. The predicted octanol–water partition coefficient (Wildman–Crippen LogP) is 1.10. The van der Waals surface area contributed by atoms with Crippen LogP contribution in [0.1, 0.15) is 16.8 Å². The summed E-state index contributed by atoms with van der Waals surface area (Å²) >= 11 is 0. The lowest BCUT2D eigenvalue weighted by atomic mass is 10.1. The number of aryl methyl sites for hydroxylation is 1. The third-order valence-electron chi connectivity index (χ3n) is 2.10. The SMILES string of the molecule is Cc1ncc2c(c1O)COCOC2. The molecule has 0 aromatic carbocycles. The highest BCUT2D eigenvalue weighted by atomic mass is 16.7. The van der Waals surface area contributed by atoms with Gasteiger partial charge in [0, 0.05) is 17.3 Å². The third kappa shape index (κ3) is 1.50. The number of nitrogens with zero attached hydrogens (tertiary/aromatic N) is 1. The lowest BCUT2D eigenvalue weighted by Crippen LogP contribution is -1.96. The van der Waals surface area contributed by atoms with E-state index in [0.29, 0.717) is 18.9 Å². The number of aromatic hydroxyl groups is 1. The zero-order valence-corrected chi connectivity index (χ0v) is 7.41. The molecule has 4 nitrogen and oxygen atoms in total. The molecule has 0 aliphatic carbocycles. The van der Waals surface area contributed by atoms with Gasteiger partial charge in [0.25, 0.3) is 0 Å². The van der Waals surface area contributed by atoms with Gasteiger partial charge in [-0.1, -0.05) is 0 Å². The summed E-state index contributed by atoms with van der Waals surface area (Å²) in [6.07, 6.45) is 1.72. The van der Waals surface area contributed by atoms with E-state index in [1.165, 1.54) is 0 Å². The van der Waals surface area contributed by atoms with Gasteiger partial charge in [0.1, 0.15) is 12.5 Å². The molecule has 1 N–H and O–H groups in total. The van der Waals surface area contributed by atoms with Crippen LogP contribution in [-0.4, -0.2) is 16.9 Å². The number of aromatic nitrogens is 1. The van der Waals surface area contributed by atoms with Gasteiger partial charge >= 0.3 is 0 Å². The van der Waals surface area contributed by atoms with Crippen LogP contribution in [0.2, 0.25) is 0 Å². The Bertz CT molecular complexity index is 325. The number of pyridine rings is 1. The van der Waals surface area contributed by atoms with Crippen molar-refractivity contribution in [2.75, 3.05) is 6.79 Å². The molecule has 2 rings (SSSR count). The fourth-order valence-corrected chi connectivity index (χ4v) is 1.32. The Morgan fingerprint density at radius 2 is 2.15 bits per heavy atom. The van der Waals surface area contributed by atoms with E-state index in [9.17, 15) is 5.11 Å². The normalized spacial score (nSPS) is 16.4. The highest BCUT2D eigenvalue weighted by Gasteiger charge is 2.14. The molecule has 2 heterocycles. The summed E-state index contributed by atoms with van der Waals surface area (Å²) in [5.74, 6) is 0.225. The topological polar surface area (TPSA) is 51.6 Å². The minimum atomic E-state index is 0.225. The van der Waals surface area contributed by atoms with Crippen molar-refractivity contribution in [2.45, 2.75) is 20.1 Å². The summed E-state index contributed by atoms with van der Waals surface area (Å²) in [5, 5.41) is 9.67. The van der Waals surface area contributed by atoms with Crippen molar-refractivity contribution in [3.05, 3.63) is 23.0 Å². The van der Waals surface area contributed by atoms with Gasteiger partial charge in [-0.3, -0.25) is 4.98 Å². The Kier molecular flexibility index (Phi) is 2.16. The Balaban J connectivity index is 2.48. The molecule has 1 aliphatic rings. The summed E-state index contributed by atoms with van der Waals surface area (Å²) in [4.78, 5) is 4.05. The maximum absolute atomic E-state index is 9.67. The Morgan fingerprint density at radius 1 is 1.38 bits per heavy atom. The maximum atomic E-state index is 9.67. The second kappa shape index (κ2) is 3.32. The largest absolute Gasteiger partial charge is 0.506 e. The molecule has 70 valence electrons. The molecule has 0 atom stereocenters. The fraction of sp³-hybridized carbons (Fsp3) is 0.444. The van der Waals surface area contributed by atoms with Crippen LogP contribution in [-0.2, 0) is 22.7 Å². The molecule has 0 amide bonds. The van der Waals surface area contributed by atoms with E-state index < -0.39 is 0 Å². The van der Waals surface area contributed by atoms with E-state index in [0.717, 1.165) is 11.1 Å². The van der Waals surface area contributed by atoms with Gasteiger partial charge in [0.2, 0.25) is 0 Å². The maximum Gasteiger partial charge on any atom is 0.147 e. The highest BCUT2D eigenvalue weighted by molar-refractivity contribution is 5.40.